The van der Waals surface area contributed by atoms with E-state index in [2.05, 4.69) is 9.47 Å². The van der Waals surface area contributed by atoms with E-state index >= 15 is 0 Å². The molecule has 0 bridgehead atoms. The summed E-state index contributed by atoms with van der Waals surface area (Å²) in [6.45, 7) is 1.63. The highest BCUT2D eigenvalue weighted by molar-refractivity contribution is 5.80. The zero-order valence-electron chi connectivity index (χ0n) is 8.68. The molecule has 0 spiro atoms. The number of benzene rings is 1. The third-order valence-corrected chi connectivity index (χ3v) is 1.75. The number of para-hydroxylation sites is 1. The molecule has 0 saturated heterocycles. The van der Waals surface area contributed by atoms with Crippen molar-refractivity contribution >= 4 is 12.3 Å². The zero-order chi connectivity index (χ0) is 12.0. The van der Waals surface area contributed by atoms with Crippen LogP contribution in [0.5, 0.6) is 5.75 Å². The number of ether oxygens (including phenoxy) is 2. The van der Waals surface area contributed by atoms with Gasteiger partial charge in [-0.1, -0.05) is 12.1 Å². The summed E-state index contributed by atoms with van der Waals surface area (Å²) in [5.41, 5.74) is 0.175. The fourth-order valence-corrected chi connectivity index (χ4v) is 1.05. The lowest BCUT2D eigenvalue weighted by molar-refractivity contribution is -0.159. The average Bonchev–Trinajstić information content (AvgIpc) is 2.30. The molecule has 1 aromatic rings. The molecule has 86 valence electrons. The summed E-state index contributed by atoms with van der Waals surface area (Å²) < 4.78 is 22.3. The molecule has 0 aromatic heterocycles. The maximum absolute atomic E-state index is 13.2. The second-order valence-electron chi connectivity index (χ2n) is 2.84. The molecule has 1 aromatic carbocycles. The van der Waals surface area contributed by atoms with Crippen molar-refractivity contribution in [2.24, 2.45) is 0 Å². The summed E-state index contributed by atoms with van der Waals surface area (Å²) >= 11 is 0. The van der Waals surface area contributed by atoms with Crippen LogP contribution >= 0.6 is 0 Å². The molecule has 0 aliphatic rings. The van der Waals surface area contributed by atoms with Crippen molar-refractivity contribution in [3.05, 3.63) is 29.8 Å². The predicted octanol–water partition coefficient (Wildman–Crippen LogP) is 1.74. The van der Waals surface area contributed by atoms with Crippen LogP contribution in [0.25, 0.3) is 0 Å². The molecular formula is C11H11FO4. The SMILES string of the molecule is CCOC(=O)C(F)Oc1ccccc1C=O. The van der Waals surface area contributed by atoms with Gasteiger partial charge in [-0.15, -0.1) is 0 Å². The van der Waals surface area contributed by atoms with Gasteiger partial charge < -0.3 is 9.47 Å². The molecule has 0 aliphatic carbocycles. The molecule has 1 atom stereocenters. The normalized spacial score (nSPS) is 11.6. The summed E-state index contributed by atoms with van der Waals surface area (Å²) in [7, 11) is 0. The first-order chi connectivity index (χ1) is 7.69. The van der Waals surface area contributed by atoms with Crippen LogP contribution in [-0.4, -0.2) is 25.2 Å². The van der Waals surface area contributed by atoms with Crippen molar-refractivity contribution in [3.8, 4) is 5.75 Å². The lowest BCUT2D eigenvalue weighted by Gasteiger charge is -2.11. The molecule has 1 rings (SSSR count). The van der Waals surface area contributed by atoms with Gasteiger partial charge in [0.25, 0.3) is 0 Å². The maximum Gasteiger partial charge on any atom is 0.381 e. The van der Waals surface area contributed by atoms with Gasteiger partial charge in [0, 0.05) is 0 Å². The number of hydrogen-bond acceptors (Lipinski definition) is 4. The summed E-state index contributed by atoms with van der Waals surface area (Å²) in [5, 5.41) is 0. The van der Waals surface area contributed by atoms with Gasteiger partial charge in [-0.05, 0) is 19.1 Å². The van der Waals surface area contributed by atoms with E-state index in [1.165, 1.54) is 12.1 Å². The van der Waals surface area contributed by atoms with E-state index in [9.17, 15) is 14.0 Å². The van der Waals surface area contributed by atoms with Gasteiger partial charge in [-0.3, -0.25) is 4.79 Å². The quantitative estimate of drug-likeness (QED) is 0.566. The monoisotopic (exact) mass is 226 g/mol. The number of rotatable bonds is 5. The van der Waals surface area contributed by atoms with E-state index in [-0.39, 0.29) is 17.9 Å². The highest BCUT2D eigenvalue weighted by Gasteiger charge is 2.21. The van der Waals surface area contributed by atoms with Crippen molar-refractivity contribution in [2.75, 3.05) is 6.61 Å². The molecule has 4 nitrogen and oxygen atoms in total. The Morgan fingerprint density at radius 3 is 2.81 bits per heavy atom. The van der Waals surface area contributed by atoms with Crippen molar-refractivity contribution in [3.63, 3.8) is 0 Å². The first-order valence-electron chi connectivity index (χ1n) is 4.70. The number of halogens is 1. The number of carbonyl (C=O) groups is 2. The van der Waals surface area contributed by atoms with Gasteiger partial charge in [0.05, 0.1) is 12.2 Å². The molecule has 0 aliphatic heterocycles. The number of carbonyl (C=O) groups excluding carboxylic acids is 2. The highest BCUT2D eigenvalue weighted by Crippen LogP contribution is 2.18. The predicted molar refractivity (Wildman–Crippen MR) is 54.0 cm³/mol. The lowest BCUT2D eigenvalue weighted by Crippen LogP contribution is -2.25. The highest BCUT2D eigenvalue weighted by atomic mass is 19.1. The fraction of sp³-hybridized carbons (Fsp3) is 0.273. The number of esters is 1. The third-order valence-electron chi connectivity index (χ3n) is 1.75. The Kier molecular flexibility index (Phi) is 4.44. The van der Waals surface area contributed by atoms with E-state index in [4.69, 9.17) is 0 Å². The molecule has 5 heteroatoms. The Morgan fingerprint density at radius 2 is 2.19 bits per heavy atom. The zero-order valence-corrected chi connectivity index (χ0v) is 8.68. The van der Waals surface area contributed by atoms with E-state index < -0.39 is 12.3 Å². The summed E-state index contributed by atoms with van der Waals surface area (Å²) in [6, 6.07) is 6.03. The molecule has 1 unspecified atom stereocenters. The molecule has 0 saturated carbocycles. The van der Waals surface area contributed by atoms with Crippen molar-refractivity contribution in [2.45, 2.75) is 13.3 Å². The summed E-state index contributed by atoms with van der Waals surface area (Å²) in [4.78, 5) is 21.5. The fourth-order valence-electron chi connectivity index (χ4n) is 1.05. The van der Waals surface area contributed by atoms with E-state index in [1.54, 1.807) is 19.1 Å². The van der Waals surface area contributed by atoms with Gasteiger partial charge in [-0.2, -0.15) is 4.39 Å². The van der Waals surface area contributed by atoms with Crippen LogP contribution < -0.4 is 4.74 Å². The maximum atomic E-state index is 13.2. The molecule has 0 amide bonds. The number of aldehydes is 1. The van der Waals surface area contributed by atoms with Crippen LogP contribution in [0.15, 0.2) is 24.3 Å². The van der Waals surface area contributed by atoms with Crippen LogP contribution in [-0.2, 0) is 9.53 Å². The van der Waals surface area contributed by atoms with Gasteiger partial charge in [0.15, 0.2) is 6.29 Å². The van der Waals surface area contributed by atoms with Gasteiger partial charge in [-0.25, -0.2) is 4.79 Å². The van der Waals surface area contributed by atoms with Crippen LogP contribution in [0.4, 0.5) is 4.39 Å². The minimum Gasteiger partial charge on any atom is -0.461 e. The first kappa shape index (κ1) is 12.2. The summed E-state index contributed by atoms with van der Waals surface area (Å²) in [5.74, 6) is -1.10. The van der Waals surface area contributed by atoms with Gasteiger partial charge in [0.1, 0.15) is 5.75 Å². The average molecular weight is 226 g/mol. The number of hydrogen-bond donors (Lipinski definition) is 0. The third kappa shape index (κ3) is 3.05. The molecule has 0 N–H and O–H groups in total. The van der Waals surface area contributed by atoms with Crippen molar-refractivity contribution < 1.29 is 23.5 Å². The molecule has 0 radical (unpaired) electrons. The van der Waals surface area contributed by atoms with Crippen LogP contribution in [0.3, 0.4) is 0 Å². The Bertz CT molecular complexity index is 378. The minimum atomic E-state index is -2.22. The van der Waals surface area contributed by atoms with E-state index in [0.717, 1.165) is 0 Å². The second-order valence-corrected chi connectivity index (χ2v) is 2.84. The lowest BCUT2D eigenvalue weighted by atomic mass is 10.2. The van der Waals surface area contributed by atoms with E-state index in [0.29, 0.717) is 6.29 Å². The molecular weight excluding hydrogens is 215 g/mol. The topological polar surface area (TPSA) is 52.6 Å². The first-order valence-corrected chi connectivity index (χ1v) is 4.70. The van der Waals surface area contributed by atoms with Gasteiger partial charge in [0.2, 0.25) is 0 Å². The number of alkyl halides is 1. The summed E-state index contributed by atoms with van der Waals surface area (Å²) in [6.07, 6.45) is -1.70. The Morgan fingerprint density at radius 1 is 1.50 bits per heavy atom. The molecule has 0 heterocycles. The Labute approximate surface area is 92.0 Å². The molecule has 16 heavy (non-hydrogen) atoms. The smallest absolute Gasteiger partial charge is 0.381 e. The van der Waals surface area contributed by atoms with Crippen LogP contribution in [0, 0.1) is 0 Å². The second kappa shape index (κ2) is 5.85. The van der Waals surface area contributed by atoms with Crippen molar-refractivity contribution in [1.82, 2.24) is 0 Å². The molecule has 0 fully saturated rings. The standard InChI is InChI=1S/C11H11FO4/c1-2-15-11(14)10(12)16-9-6-4-3-5-8(9)7-13/h3-7,10H,2H2,1H3. The Balaban J connectivity index is 2.72. The van der Waals surface area contributed by atoms with Gasteiger partial charge >= 0.3 is 12.3 Å². The van der Waals surface area contributed by atoms with E-state index in [1.807, 2.05) is 0 Å². The van der Waals surface area contributed by atoms with Crippen LogP contribution in [0.2, 0.25) is 0 Å². The minimum absolute atomic E-state index is 0.0121. The van der Waals surface area contributed by atoms with Crippen molar-refractivity contribution in [1.29, 1.82) is 0 Å². The van der Waals surface area contributed by atoms with Crippen LogP contribution in [0.1, 0.15) is 17.3 Å². The Hall–Kier alpha value is -1.91. The largest absolute Gasteiger partial charge is 0.461 e.